The van der Waals surface area contributed by atoms with Gasteiger partial charge in [0.2, 0.25) is 5.91 Å². The molecule has 2 N–H and O–H groups in total. The minimum Gasteiger partial charge on any atom is -0.479 e. The van der Waals surface area contributed by atoms with Crippen molar-refractivity contribution >= 4 is 11.9 Å². The number of carbonyl (C=O) groups is 2. The van der Waals surface area contributed by atoms with E-state index in [1.807, 2.05) is 0 Å². The fraction of sp³-hybridized carbons (Fsp3) is 0.846. The zero-order valence-corrected chi connectivity index (χ0v) is 11.3. The van der Waals surface area contributed by atoms with Gasteiger partial charge in [-0.05, 0) is 32.2 Å². The lowest BCUT2D eigenvalue weighted by Gasteiger charge is -2.20. The highest BCUT2D eigenvalue weighted by atomic mass is 16.5. The van der Waals surface area contributed by atoms with Crippen molar-refractivity contribution in [2.24, 2.45) is 0 Å². The van der Waals surface area contributed by atoms with E-state index in [9.17, 15) is 9.59 Å². The fourth-order valence-corrected chi connectivity index (χ4v) is 2.49. The number of nitrogens with one attached hydrogen (secondary N) is 1. The molecule has 1 heterocycles. The van der Waals surface area contributed by atoms with Crippen LogP contribution in [0.4, 0.5) is 0 Å². The Morgan fingerprint density at radius 3 is 2.47 bits per heavy atom. The Morgan fingerprint density at radius 2 is 1.95 bits per heavy atom. The third-order valence-corrected chi connectivity index (χ3v) is 3.76. The lowest BCUT2D eigenvalue weighted by Crippen LogP contribution is -2.40. The lowest BCUT2D eigenvalue weighted by atomic mass is 10.2. The number of amides is 1. The van der Waals surface area contributed by atoms with E-state index in [0.29, 0.717) is 25.4 Å². The van der Waals surface area contributed by atoms with Gasteiger partial charge in [-0.2, -0.15) is 0 Å². The average molecular weight is 270 g/mol. The molecule has 1 saturated heterocycles. The van der Waals surface area contributed by atoms with Crippen LogP contribution < -0.4 is 5.32 Å². The molecule has 0 bridgehead atoms. The molecule has 0 unspecified atom stereocenters. The molecule has 6 nitrogen and oxygen atoms in total. The van der Waals surface area contributed by atoms with Crippen molar-refractivity contribution in [1.82, 2.24) is 10.2 Å². The Bertz CT molecular complexity index is 344. The standard InChI is InChI=1S/C13H22N2O4/c1-2-15(9-3-4-9)8-7-14-12(16)10-5-6-11(19-10)13(17)18/h9-11H,2-8H2,1H3,(H,14,16)(H,17,18)/t10-,11+/m0/s1. The predicted octanol–water partition coefficient (Wildman–Crippen LogP) is 0.219. The molecule has 2 atom stereocenters. The van der Waals surface area contributed by atoms with E-state index >= 15 is 0 Å². The zero-order chi connectivity index (χ0) is 13.8. The van der Waals surface area contributed by atoms with Gasteiger partial charge in [-0.15, -0.1) is 0 Å². The van der Waals surface area contributed by atoms with Crippen molar-refractivity contribution in [3.05, 3.63) is 0 Å². The maximum absolute atomic E-state index is 11.8. The van der Waals surface area contributed by atoms with E-state index < -0.39 is 18.2 Å². The van der Waals surface area contributed by atoms with Gasteiger partial charge in [0.05, 0.1) is 0 Å². The number of carboxylic acids is 1. The summed E-state index contributed by atoms with van der Waals surface area (Å²) in [7, 11) is 0. The molecule has 0 aromatic heterocycles. The minimum atomic E-state index is -0.985. The molecule has 1 aliphatic heterocycles. The van der Waals surface area contributed by atoms with E-state index in [4.69, 9.17) is 9.84 Å². The van der Waals surface area contributed by atoms with Crippen LogP contribution in [0.2, 0.25) is 0 Å². The Hall–Kier alpha value is -1.14. The van der Waals surface area contributed by atoms with E-state index in [2.05, 4.69) is 17.1 Å². The number of carbonyl (C=O) groups excluding carboxylic acids is 1. The van der Waals surface area contributed by atoms with Crippen molar-refractivity contribution < 1.29 is 19.4 Å². The third-order valence-electron chi connectivity index (χ3n) is 3.76. The Labute approximate surface area is 113 Å². The van der Waals surface area contributed by atoms with E-state index in [-0.39, 0.29) is 5.91 Å². The molecule has 1 amide bonds. The summed E-state index contributed by atoms with van der Waals surface area (Å²) >= 11 is 0. The number of hydrogen-bond donors (Lipinski definition) is 2. The Morgan fingerprint density at radius 1 is 1.26 bits per heavy atom. The summed E-state index contributed by atoms with van der Waals surface area (Å²) in [4.78, 5) is 24.9. The molecule has 2 fully saturated rings. The molecule has 0 aromatic rings. The van der Waals surface area contributed by atoms with Crippen molar-refractivity contribution in [3.63, 3.8) is 0 Å². The van der Waals surface area contributed by atoms with Gasteiger partial charge in [-0.3, -0.25) is 9.69 Å². The molecule has 0 aromatic carbocycles. The van der Waals surface area contributed by atoms with Crippen molar-refractivity contribution in [2.75, 3.05) is 19.6 Å². The Kier molecular flexibility index (Phi) is 4.76. The molecule has 6 heteroatoms. The van der Waals surface area contributed by atoms with Crippen LogP contribution in [0, 0.1) is 0 Å². The first-order valence-corrected chi connectivity index (χ1v) is 7.01. The van der Waals surface area contributed by atoms with Crippen LogP contribution >= 0.6 is 0 Å². The molecule has 0 radical (unpaired) electrons. The number of likely N-dealkylation sites (N-methyl/N-ethyl adjacent to an activating group) is 1. The summed E-state index contributed by atoms with van der Waals surface area (Å²) in [6, 6.07) is 0.695. The highest BCUT2D eigenvalue weighted by Crippen LogP contribution is 2.25. The second kappa shape index (κ2) is 6.34. The summed E-state index contributed by atoms with van der Waals surface area (Å²) < 4.78 is 5.20. The van der Waals surface area contributed by atoms with Crippen LogP contribution in [0.1, 0.15) is 32.6 Å². The van der Waals surface area contributed by atoms with Gasteiger partial charge in [0.15, 0.2) is 6.10 Å². The van der Waals surface area contributed by atoms with Gasteiger partial charge in [0.25, 0.3) is 0 Å². The monoisotopic (exact) mass is 270 g/mol. The molecular formula is C13H22N2O4. The van der Waals surface area contributed by atoms with Gasteiger partial charge in [-0.25, -0.2) is 4.79 Å². The molecule has 2 rings (SSSR count). The maximum Gasteiger partial charge on any atom is 0.332 e. The number of hydrogen-bond acceptors (Lipinski definition) is 4. The van der Waals surface area contributed by atoms with Gasteiger partial charge >= 0.3 is 5.97 Å². The van der Waals surface area contributed by atoms with Gasteiger partial charge in [0.1, 0.15) is 6.10 Å². The van der Waals surface area contributed by atoms with Crippen LogP contribution in [0.3, 0.4) is 0 Å². The second-order valence-electron chi connectivity index (χ2n) is 5.18. The van der Waals surface area contributed by atoms with Crippen molar-refractivity contribution in [1.29, 1.82) is 0 Å². The topological polar surface area (TPSA) is 78.9 Å². The van der Waals surface area contributed by atoms with E-state index in [0.717, 1.165) is 13.1 Å². The molecule has 1 aliphatic carbocycles. The van der Waals surface area contributed by atoms with Gasteiger partial charge in [0, 0.05) is 19.1 Å². The first-order valence-electron chi connectivity index (χ1n) is 7.01. The number of nitrogens with zero attached hydrogens (tertiary/aromatic N) is 1. The average Bonchev–Trinajstić information content (AvgIpc) is 3.09. The van der Waals surface area contributed by atoms with Crippen LogP contribution in [-0.2, 0) is 14.3 Å². The Balaban J connectivity index is 1.65. The number of rotatable bonds is 7. The molecule has 0 spiro atoms. The van der Waals surface area contributed by atoms with Crippen LogP contribution in [0.15, 0.2) is 0 Å². The predicted molar refractivity (Wildman–Crippen MR) is 68.8 cm³/mol. The van der Waals surface area contributed by atoms with E-state index in [1.54, 1.807) is 0 Å². The van der Waals surface area contributed by atoms with Crippen LogP contribution in [-0.4, -0.2) is 59.8 Å². The highest BCUT2D eigenvalue weighted by molar-refractivity contribution is 5.82. The van der Waals surface area contributed by atoms with Crippen LogP contribution in [0.5, 0.6) is 0 Å². The van der Waals surface area contributed by atoms with E-state index in [1.165, 1.54) is 12.8 Å². The number of aliphatic carboxylic acids is 1. The quantitative estimate of drug-likeness (QED) is 0.692. The van der Waals surface area contributed by atoms with Crippen molar-refractivity contribution in [2.45, 2.75) is 50.9 Å². The van der Waals surface area contributed by atoms with Crippen LogP contribution in [0.25, 0.3) is 0 Å². The first kappa shape index (κ1) is 14.3. The smallest absolute Gasteiger partial charge is 0.332 e. The number of ether oxygens (including phenoxy) is 1. The minimum absolute atomic E-state index is 0.185. The largest absolute Gasteiger partial charge is 0.479 e. The zero-order valence-electron chi connectivity index (χ0n) is 11.3. The molecule has 1 saturated carbocycles. The fourth-order valence-electron chi connectivity index (χ4n) is 2.49. The molecule has 2 aliphatic rings. The summed E-state index contributed by atoms with van der Waals surface area (Å²) in [5.74, 6) is -1.17. The highest BCUT2D eigenvalue weighted by Gasteiger charge is 2.34. The van der Waals surface area contributed by atoms with Gasteiger partial charge < -0.3 is 15.2 Å². The summed E-state index contributed by atoms with van der Waals surface area (Å²) in [6.07, 6.45) is 1.99. The molecule has 19 heavy (non-hydrogen) atoms. The normalized spacial score (nSPS) is 26.6. The second-order valence-corrected chi connectivity index (χ2v) is 5.18. The number of carboxylic acid groups (broad SMARTS) is 1. The van der Waals surface area contributed by atoms with Gasteiger partial charge in [-0.1, -0.05) is 6.92 Å². The summed E-state index contributed by atoms with van der Waals surface area (Å²) in [6.45, 7) is 4.57. The molecule has 108 valence electrons. The maximum atomic E-state index is 11.8. The lowest BCUT2D eigenvalue weighted by molar-refractivity contribution is -0.151. The van der Waals surface area contributed by atoms with Crippen molar-refractivity contribution in [3.8, 4) is 0 Å². The summed E-state index contributed by atoms with van der Waals surface area (Å²) in [5, 5.41) is 11.6. The molecular weight excluding hydrogens is 248 g/mol. The summed E-state index contributed by atoms with van der Waals surface area (Å²) in [5.41, 5.74) is 0. The third kappa shape index (κ3) is 3.91. The first-order chi connectivity index (χ1) is 9.11. The SMILES string of the molecule is CCN(CCNC(=O)[C@@H]1CC[C@H](C(=O)O)O1)C1CC1.